The maximum atomic E-state index is 13.3. The molecular formula is C21H22F3N3O4S. The molecule has 2 aromatic carbocycles. The largest absolute Gasteiger partial charge is 0.493 e. The molecule has 7 nitrogen and oxygen atoms in total. The van der Waals surface area contributed by atoms with Crippen molar-refractivity contribution >= 4 is 34.6 Å². The van der Waals surface area contributed by atoms with E-state index in [0.29, 0.717) is 43.5 Å². The zero-order chi connectivity index (χ0) is 23.3. The number of nitrogens with one attached hydrogen (secondary N) is 2. The third kappa shape index (κ3) is 5.60. The minimum absolute atomic E-state index is 0.138. The Labute approximate surface area is 188 Å². The Morgan fingerprint density at radius 2 is 1.75 bits per heavy atom. The molecule has 0 bridgehead atoms. The standard InChI is InChI=1S/C21H22F3N3O4S/c1-29-17-6-3-13(11-18(17)30-2)19(28)26-20(32)25-15-12-14(21(22,23)24)4-5-16(15)27-7-9-31-10-8-27/h3-6,11-12H,7-10H2,1-2H3,(H2,25,26,28,32). The van der Waals surface area contributed by atoms with E-state index in [9.17, 15) is 18.0 Å². The van der Waals surface area contributed by atoms with Gasteiger partial charge in [0.2, 0.25) is 0 Å². The molecule has 1 saturated heterocycles. The Morgan fingerprint density at radius 3 is 2.38 bits per heavy atom. The number of halogens is 3. The number of amides is 1. The van der Waals surface area contributed by atoms with Crippen molar-refractivity contribution in [2.75, 3.05) is 50.7 Å². The van der Waals surface area contributed by atoms with Gasteiger partial charge in [-0.2, -0.15) is 13.2 Å². The van der Waals surface area contributed by atoms with Gasteiger partial charge in [-0.05, 0) is 48.6 Å². The molecule has 1 aliphatic heterocycles. The van der Waals surface area contributed by atoms with Crippen LogP contribution in [-0.4, -0.2) is 51.5 Å². The summed E-state index contributed by atoms with van der Waals surface area (Å²) in [5.74, 6) is 0.249. The molecule has 0 radical (unpaired) electrons. The van der Waals surface area contributed by atoms with Gasteiger partial charge >= 0.3 is 6.18 Å². The predicted octanol–water partition coefficient (Wildman–Crippen LogP) is 3.69. The van der Waals surface area contributed by atoms with Crippen LogP contribution < -0.4 is 25.0 Å². The van der Waals surface area contributed by atoms with Crippen molar-refractivity contribution in [3.8, 4) is 11.5 Å². The van der Waals surface area contributed by atoms with Crippen LogP contribution in [0.15, 0.2) is 36.4 Å². The summed E-state index contributed by atoms with van der Waals surface area (Å²) >= 11 is 5.20. The first-order chi connectivity index (χ1) is 15.2. The first kappa shape index (κ1) is 23.6. The topological polar surface area (TPSA) is 72.1 Å². The van der Waals surface area contributed by atoms with Gasteiger partial charge in [-0.1, -0.05) is 0 Å². The molecule has 2 N–H and O–H groups in total. The van der Waals surface area contributed by atoms with E-state index in [1.165, 1.54) is 32.4 Å². The molecule has 2 aromatic rings. The van der Waals surface area contributed by atoms with Gasteiger partial charge in [-0.15, -0.1) is 0 Å². The van der Waals surface area contributed by atoms with E-state index in [1.54, 1.807) is 6.07 Å². The third-order valence-corrected chi connectivity index (χ3v) is 5.00. The van der Waals surface area contributed by atoms with E-state index in [0.717, 1.165) is 12.1 Å². The molecule has 32 heavy (non-hydrogen) atoms. The van der Waals surface area contributed by atoms with Crippen LogP contribution in [0.4, 0.5) is 24.5 Å². The van der Waals surface area contributed by atoms with Crippen LogP contribution in [0, 0.1) is 0 Å². The van der Waals surface area contributed by atoms with E-state index in [1.807, 2.05) is 4.90 Å². The lowest BCUT2D eigenvalue weighted by atomic mass is 10.1. The van der Waals surface area contributed by atoms with E-state index in [-0.39, 0.29) is 16.4 Å². The Balaban J connectivity index is 1.80. The number of hydrogen-bond donors (Lipinski definition) is 2. The van der Waals surface area contributed by atoms with Crippen molar-refractivity contribution < 1.29 is 32.2 Å². The molecule has 0 spiro atoms. The molecule has 1 amide bonds. The van der Waals surface area contributed by atoms with Crippen molar-refractivity contribution in [2.45, 2.75) is 6.18 Å². The van der Waals surface area contributed by atoms with Crippen molar-refractivity contribution in [2.24, 2.45) is 0 Å². The smallest absolute Gasteiger partial charge is 0.416 e. The Hall–Kier alpha value is -3.05. The summed E-state index contributed by atoms with van der Waals surface area (Å²) in [6.45, 7) is 1.96. The SMILES string of the molecule is COc1ccc(C(=O)NC(=S)Nc2cc(C(F)(F)F)ccc2N2CCOCC2)cc1OC. The van der Waals surface area contributed by atoms with E-state index >= 15 is 0 Å². The number of anilines is 2. The number of carbonyl (C=O) groups is 1. The molecule has 1 fully saturated rings. The molecule has 1 aliphatic rings. The van der Waals surface area contributed by atoms with Crippen LogP contribution in [-0.2, 0) is 10.9 Å². The fourth-order valence-corrected chi connectivity index (χ4v) is 3.40. The second-order valence-electron chi connectivity index (χ2n) is 6.81. The van der Waals surface area contributed by atoms with Gasteiger partial charge in [0.1, 0.15) is 0 Å². The van der Waals surface area contributed by atoms with Gasteiger partial charge in [0.25, 0.3) is 5.91 Å². The third-order valence-electron chi connectivity index (χ3n) is 4.80. The molecule has 172 valence electrons. The number of rotatable bonds is 5. The number of thiocarbonyl (C=S) groups is 1. The second-order valence-corrected chi connectivity index (χ2v) is 7.22. The van der Waals surface area contributed by atoms with E-state index in [2.05, 4.69) is 10.6 Å². The van der Waals surface area contributed by atoms with Crippen molar-refractivity contribution in [3.05, 3.63) is 47.5 Å². The molecule has 3 rings (SSSR count). The van der Waals surface area contributed by atoms with Crippen molar-refractivity contribution in [1.82, 2.24) is 5.32 Å². The van der Waals surface area contributed by atoms with Gasteiger partial charge in [-0.25, -0.2) is 0 Å². The zero-order valence-corrected chi connectivity index (χ0v) is 18.2. The second kappa shape index (κ2) is 10.0. The highest BCUT2D eigenvalue weighted by Crippen LogP contribution is 2.36. The lowest BCUT2D eigenvalue weighted by Gasteiger charge is -2.31. The predicted molar refractivity (Wildman–Crippen MR) is 118 cm³/mol. The Bertz CT molecular complexity index is 995. The molecule has 0 atom stereocenters. The van der Waals surface area contributed by atoms with Crippen molar-refractivity contribution in [1.29, 1.82) is 0 Å². The monoisotopic (exact) mass is 469 g/mol. The average molecular weight is 469 g/mol. The molecule has 0 unspecified atom stereocenters. The highest BCUT2D eigenvalue weighted by molar-refractivity contribution is 7.80. The maximum Gasteiger partial charge on any atom is 0.416 e. The average Bonchev–Trinajstić information content (AvgIpc) is 2.78. The molecule has 0 saturated carbocycles. The van der Waals surface area contributed by atoms with Gasteiger partial charge in [-0.3, -0.25) is 10.1 Å². The van der Waals surface area contributed by atoms with Crippen LogP contribution in [0.2, 0.25) is 0 Å². The summed E-state index contributed by atoms with van der Waals surface area (Å²) in [6.07, 6.45) is -4.52. The maximum absolute atomic E-state index is 13.3. The molecule has 11 heteroatoms. The summed E-state index contributed by atoms with van der Waals surface area (Å²) in [5, 5.41) is 5.08. The number of hydrogen-bond acceptors (Lipinski definition) is 6. The minimum Gasteiger partial charge on any atom is -0.493 e. The van der Waals surface area contributed by atoms with Crippen LogP contribution in [0.1, 0.15) is 15.9 Å². The van der Waals surface area contributed by atoms with Gasteiger partial charge < -0.3 is 24.4 Å². The van der Waals surface area contributed by atoms with Gasteiger partial charge in [0.15, 0.2) is 16.6 Å². The quantitative estimate of drug-likeness (QED) is 0.648. The lowest BCUT2D eigenvalue weighted by Crippen LogP contribution is -2.38. The first-order valence-corrected chi connectivity index (χ1v) is 10.0. The molecule has 1 heterocycles. The van der Waals surface area contributed by atoms with Crippen molar-refractivity contribution in [3.63, 3.8) is 0 Å². The highest BCUT2D eigenvalue weighted by Gasteiger charge is 2.32. The normalized spacial score (nSPS) is 14.0. The van der Waals surface area contributed by atoms with Crippen LogP contribution in [0.3, 0.4) is 0 Å². The van der Waals surface area contributed by atoms with Crippen LogP contribution in [0.5, 0.6) is 11.5 Å². The number of methoxy groups -OCH3 is 2. The molecule has 0 aromatic heterocycles. The lowest BCUT2D eigenvalue weighted by molar-refractivity contribution is -0.137. The van der Waals surface area contributed by atoms with E-state index in [4.69, 9.17) is 26.4 Å². The number of ether oxygens (including phenoxy) is 3. The van der Waals surface area contributed by atoms with E-state index < -0.39 is 17.6 Å². The minimum atomic E-state index is -4.52. The summed E-state index contributed by atoms with van der Waals surface area (Å²) < 4.78 is 55.4. The summed E-state index contributed by atoms with van der Waals surface area (Å²) in [7, 11) is 2.91. The number of benzene rings is 2. The summed E-state index contributed by atoms with van der Waals surface area (Å²) in [4.78, 5) is 14.5. The fourth-order valence-electron chi connectivity index (χ4n) is 3.20. The Morgan fingerprint density at radius 1 is 1.06 bits per heavy atom. The summed E-state index contributed by atoms with van der Waals surface area (Å²) in [5.41, 5.74) is 0.0821. The zero-order valence-electron chi connectivity index (χ0n) is 17.4. The Kier molecular flexibility index (Phi) is 7.41. The molecular weight excluding hydrogens is 447 g/mol. The highest BCUT2D eigenvalue weighted by atomic mass is 32.1. The van der Waals surface area contributed by atoms with Gasteiger partial charge in [0, 0.05) is 18.7 Å². The number of morpholine rings is 1. The van der Waals surface area contributed by atoms with Gasteiger partial charge in [0.05, 0.1) is 44.4 Å². The fraction of sp³-hybridized carbons (Fsp3) is 0.333. The first-order valence-electron chi connectivity index (χ1n) is 9.61. The number of carbonyl (C=O) groups excluding carboxylic acids is 1. The molecule has 0 aliphatic carbocycles. The number of alkyl halides is 3. The van der Waals surface area contributed by atoms with Crippen LogP contribution >= 0.6 is 12.2 Å². The van der Waals surface area contributed by atoms with Crippen LogP contribution in [0.25, 0.3) is 0 Å². The summed E-state index contributed by atoms with van der Waals surface area (Å²) in [6, 6.07) is 7.92. The number of nitrogens with zero attached hydrogens (tertiary/aromatic N) is 1.